The van der Waals surface area contributed by atoms with Gasteiger partial charge in [-0.25, -0.2) is 0 Å². The first-order valence-electron chi connectivity index (χ1n) is 11.8. The van der Waals surface area contributed by atoms with Crippen LogP contribution in [-0.4, -0.2) is 60.2 Å². The van der Waals surface area contributed by atoms with Gasteiger partial charge < -0.3 is 25.4 Å². The zero-order valence-corrected chi connectivity index (χ0v) is 19.2. The van der Waals surface area contributed by atoms with Crippen LogP contribution < -0.4 is 15.4 Å². The van der Waals surface area contributed by atoms with E-state index in [0.717, 1.165) is 37.9 Å². The number of amides is 2. The summed E-state index contributed by atoms with van der Waals surface area (Å²) in [5.41, 5.74) is 3.71. The van der Waals surface area contributed by atoms with Crippen molar-refractivity contribution in [1.29, 1.82) is 0 Å². The monoisotopic (exact) mass is 451 g/mol. The minimum absolute atomic E-state index is 0.108. The maximum atomic E-state index is 12.9. The number of rotatable bonds is 8. The number of aliphatic hydroxyl groups excluding tert-OH is 1. The Morgan fingerprint density at radius 2 is 1.94 bits per heavy atom. The predicted octanol–water partition coefficient (Wildman–Crippen LogP) is 2.06. The third kappa shape index (κ3) is 5.72. The highest BCUT2D eigenvalue weighted by Crippen LogP contribution is 2.23. The molecule has 2 aromatic carbocycles. The van der Waals surface area contributed by atoms with Crippen LogP contribution in [0.1, 0.15) is 46.8 Å². The van der Waals surface area contributed by atoms with Gasteiger partial charge in [-0.05, 0) is 55.0 Å². The molecule has 0 radical (unpaired) electrons. The molecule has 0 spiro atoms. The maximum Gasteiger partial charge on any atom is 0.255 e. The maximum absolute atomic E-state index is 12.9. The summed E-state index contributed by atoms with van der Waals surface area (Å²) in [6.45, 7) is 4.76. The zero-order chi connectivity index (χ0) is 23.2. The Bertz CT molecular complexity index is 987. The number of ether oxygens (including phenoxy) is 1. The van der Waals surface area contributed by atoms with E-state index in [1.165, 1.54) is 11.1 Å². The van der Waals surface area contributed by atoms with Crippen molar-refractivity contribution in [3.8, 4) is 5.75 Å². The second kappa shape index (κ2) is 10.8. The first-order valence-corrected chi connectivity index (χ1v) is 11.8. The molecule has 176 valence electrons. The van der Waals surface area contributed by atoms with Crippen LogP contribution in [0.3, 0.4) is 0 Å². The van der Waals surface area contributed by atoms with Crippen LogP contribution in [0.4, 0.5) is 0 Å². The topological polar surface area (TPSA) is 90.9 Å². The SMILES string of the molecule is CCOc1cc(CC(=O)N2CCCC2)ccc1C(=O)NC[C@@H](O)[C@@H]1Cc2ccccc2CN1. The lowest BCUT2D eigenvalue weighted by Gasteiger charge is -2.30. The summed E-state index contributed by atoms with van der Waals surface area (Å²) in [5.74, 6) is 0.267. The molecule has 7 heteroatoms. The van der Waals surface area contributed by atoms with Crippen molar-refractivity contribution in [2.75, 3.05) is 26.2 Å². The van der Waals surface area contributed by atoms with Gasteiger partial charge in [0.2, 0.25) is 5.91 Å². The fourth-order valence-electron chi connectivity index (χ4n) is 4.58. The third-order valence-corrected chi connectivity index (χ3v) is 6.45. The Morgan fingerprint density at radius 1 is 1.18 bits per heavy atom. The lowest BCUT2D eigenvalue weighted by Crippen LogP contribution is -2.49. The number of likely N-dealkylation sites (tertiary alicyclic amines) is 1. The Labute approximate surface area is 195 Å². The molecule has 0 bridgehead atoms. The van der Waals surface area contributed by atoms with Gasteiger partial charge in [-0.3, -0.25) is 9.59 Å². The van der Waals surface area contributed by atoms with Crippen LogP contribution in [0.15, 0.2) is 42.5 Å². The second-order valence-electron chi connectivity index (χ2n) is 8.77. The first-order chi connectivity index (χ1) is 16.0. The van der Waals surface area contributed by atoms with Gasteiger partial charge in [0.05, 0.1) is 24.7 Å². The molecule has 2 atom stereocenters. The number of hydrogen-bond donors (Lipinski definition) is 3. The molecule has 0 aliphatic carbocycles. The molecule has 0 unspecified atom stereocenters. The molecule has 33 heavy (non-hydrogen) atoms. The van der Waals surface area contributed by atoms with Crippen molar-refractivity contribution in [2.24, 2.45) is 0 Å². The molecule has 4 rings (SSSR count). The van der Waals surface area contributed by atoms with E-state index in [-0.39, 0.29) is 24.4 Å². The van der Waals surface area contributed by atoms with Crippen LogP contribution in [-0.2, 0) is 24.2 Å². The molecule has 2 amide bonds. The predicted molar refractivity (Wildman–Crippen MR) is 126 cm³/mol. The highest BCUT2D eigenvalue weighted by molar-refractivity contribution is 5.97. The molecule has 2 aliphatic rings. The van der Waals surface area contributed by atoms with Crippen LogP contribution in [0.5, 0.6) is 5.75 Å². The number of fused-ring (bicyclic) bond motifs is 1. The molecule has 2 heterocycles. The quantitative estimate of drug-likeness (QED) is 0.572. The van der Waals surface area contributed by atoms with Crippen LogP contribution in [0.2, 0.25) is 0 Å². The van der Waals surface area contributed by atoms with Crippen LogP contribution in [0.25, 0.3) is 0 Å². The van der Waals surface area contributed by atoms with Gasteiger partial charge >= 0.3 is 0 Å². The van der Waals surface area contributed by atoms with Crippen molar-refractivity contribution in [2.45, 2.75) is 51.3 Å². The summed E-state index contributed by atoms with van der Waals surface area (Å²) in [7, 11) is 0. The Balaban J connectivity index is 1.36. The van der Waals surface area contributed by atoms with E-state index in [1.54, 1.807) is 18.2 Å². The minimum Gasteiger partial charge on any atom is -0.493 e. The molecule has 7 nitrogen and oxygen atoms in total. The summed E-state index contributed by atoms with van der Waals surface area (Å²) in [6.07, 6.45) is 2.43. The van der Waals surface area contributed by atoms with Gasteiger partial charge in [-0.15, -0.1) is 0 Å². The molecule has 0 aromatic heterocycles. The van der Waals surface area contributed by atoms with E-state index in [9.17, 15) is 14.7 Å². The van der Waals surface area contributed by atoms with Crippen LogP contribution in [0, 0.1) is 0 Å². The lowest BCUT2D eigenvalue weighted by molar-refractivity contribution is -0.129. The van der Waals surface area contributed by atoms with Gasteiger partial charge in [0.25, 0.3) is 5.91 Å². The standard InChI is InChI=1S/C26H33N3O4/c1-2-33-24-13-18(14-25(31)29-11-5-6-12-29)9-10-21(24)26(32)28-17-23(30)22-15-19-7-3-4-8-20(19)16-27-22/h3-4,7-10,13,22-23,27,30H,2,5-6,11-12,14-17H2,1H3,(H,28,32)/t22-,23+/m0/s1. The van der Waals surface area contributed by atoms with E-state index in [1.807, 2.05) is 24.0 Å². The number of nitrogens with zero attached hydrogens (tertiary/aromatic N) is 1. The number of benzene rings is 2. The van der Waals surface area contributed by atoms with Gasteiger partial charge in [0.15, 0.2) is 0 Å². The van der Waals surface area contributed by atoms with Gasteiger partial charge in [-0.1, -0.05) is 30.3 Å². The third-order valence-electron chi connectivity index (χ3n) is 6.45. The average molecular weight is 452 g/mol. The van der Waals surface area contributed by atoms with E-state index in [2.05, 4.69) is 22.8 Å². The largest absolute Gasteiger partial charge is 0.493 e. The molecular formula is C26H33N3O4. The van der Waals surface area contributed by atoms with Crippen LogP contribution >= 0.6 is 0 Å². The van der Waals surface area contributed by atoms with Crippen molar-refractivity contribution >= 4 is 11.8 Å². The molecule has 0 saturated carbocycles. The first kappa shape index (κ1) is 23.3. The summed E-state index contributed by atoms with van der Waals surface area (Å²) in [5, 5.41) is 16.9. The number of hydrogen-bond acceptors (Lipinski definition) is 5. The number of aliphatic hydroxyl groups is 1. The molecule has 1 fully saturated rings. The summed E-state index contributed by atoms with van der Waals surface area (Å²) < 4.78 is 5.71. The van der Waals surface area contributed by atoms with Crippen molar-refractivity contribution in [1.82, 2.24) is 15.5 Å². The van der Waals surface area contributed by atoms with E-state index >= 15 is 0 Å². The highest BCUT2D eigenvalue weighted by atomic mass is 16.5. The van der Waals surface area contributed by atoms with Gasteiger partial charge in [0, 0.05) is 32.2 Å². The molecule has 1 saturated heterocycles. The van der Waals surface area contributed by atoms with Gasteiger partial charge in [0.1, 0.15) is 5.75 Å². The Kier molecular flexibility index (Phi) is 7.62. The fourth-order valence-corrected chi connectivity index (χ4v) is 4.58. The molecule has 3 N–H and O–H groups in total. The second-order valence-corrected chi connectivity index (χ2v) is 8.77. The Morgan fingerprint density at radius 3 is 2.70 bits per heavy atom. The van der Waals surface area contributed by atoms with E-state index in [4.69, 9.17) is 4.74 Å². The fraction of sp³-hybridized carbons (Fsp3) is 0.462. The van der Waals surface area contributed by atoms with Crippen molar-refractivity contribution < 1.29 is 19.4 Å². The van der Waals surface area contributed by atoms with E-state index in [0.29, 0.717) is 30.9 Å². The molecule has 2 aromatic rings. The average Bonchev–Trinajstić information content (AvgIpc) is 3.38. The number of nitrogens with one attached hydrogen (secondary N) is 2. The van der Waals surface area contributed by atoms with Crippen molar-refractivity contribution in [3.05, 3.63) is 64.7 Å². The number of carbonyl (C=O) groups excluding carboxylic acids is 2. The van der Waals surface area contributed by atoms with Crippen molar-refractivity contribution in [3.63, 3.8) is 0 Å². The summed E-state index contributed by atoms with van der Waals surface area (Å²) >= 11 is 0. The zero-order valence-electron chi connectivity index (χ0n) is 19.2. The smallest absolute Gasteiger partial charge is 0.255 e. The summed E-state index contributed by atoms with van der Waals surface area (Å²) in [4.78, 5) is 27.2. The summed E-state index contributed by atoms with van der Waals surface area (Å²) in [6, 6.07) is 13.4. The van der Waals surface area contributed by atoms with Gasteiger partial charge in [-0.2, -0.15) is 0 Å². The lowest BCUT2D eigenvalue weighted by atomic mass is 9.93. The minimum atomic E-state index is -0.713. The Hall–Kier alpha value is -2.90. The van der Waals surface area contributed by atoms with E-state index < -0.39 is 6.10 Å². The molecule has 2 aliphatic heterocycles. The highest BCUT2D eigenvalue weighted by Gasteiger charge is 2.25. The normalized spacial score (nSPS) is 18.5. The number of carbonyl (C=O) groups is 2. The molecular weight excluding hydrogens is 418 g/mol.